The van der Waals surface area contributed by atoms with E-state index in [9.17, 15) is 14.0 Å². The lowest BCUT2D eigenvalue weighted by atomic mass is 9.99. The molecular weight excluding hydrogens is 329 g/mol. The summed E-state index contributed by atoms with van der Waals surface area (Å²) in [4.78, 5) is 31.0. The van der Waals surface area contributed by atoms with Crippen LogP contribution in [-0.4, -0.2) is 47.6 Å². The van der Waals surface area contributed by atoms with Gasteiger partial charge in [-0.3, -0.25) is 4.79 Å². The predicted molar refractivity (Wildman–Crippen MR) is 91.7 cm³/mol. The number of nitrogens with zero attached hydrogens (tertiary/aromatic N) is 3. The number of urea groups is 1. The number of amidine groups is 1. The van der Waals surface area contributed by atoms with E-state index in [-0.39, 0.29) is 17.8 Å². The van der Waals surface area contributed by atoms with Crippen molar-refractivity contribution >= 4 is 35.8 Å². The van der Waals surface area contributed by atoms with Gasteiger partial charge in [0.2, 0.25) is 0 Å². The smallest absolute Gasteiger partial charge is 0.255 e. The summed E-state index contributed by atoms with van der Waals surface area (Å²) in [6.45, 7) is 1.90. The number of thioether (sulfide) groups is 1. The van der Waals surface area contributed by atoms with Crippen LogP contribution in [0.3, 0.4) is 0 Å². The molecule has 1 atom stereocenters. The van der Waals surface area contributed by atoms with E-state index in [1.807, 2.05) is 6.92 Å². The Morgan fingerprint density at radius 3 is 2.62 bits per heavy atom. The maximum Gasteiger partial charge on any atom is 0.445 e. The molecule has 0 N–H and O–H groups in total. The van der Waals surface area contributed by atoms with Crippen molar-refractivity contribution in [1.29, 1.82) is 0 Å². The lowest BCUT2D eigenvalue weighted by Crippen LogP contribution is -2.52. The second-order valence-electron chi connectivity index (χ2n) is 5.75. The Labute approximate surface area is 143 Å². The van der Waals surface area contributed by atoms with E-state index in [0.717, 1.165) is 20.9 Å². The van der Waals surface area contributed by atoms with E-state index in [2.05, 4.69) is 4.99 Å². The largest absolute Gasteiger partial charge is 0.445 e. The highest BCUT2D eigenvalue weighted by Gasteiger charge is 2.47. The van der Waals surface area contributed by atoms with Crippen molar-refractivity contribution in [3.63, 3.8) is 0 Å². The topological polar surface area (TPSA) is 52.8 Å². The maximum absolute atomic E-state index is 13.0. The first-order valence-electron chi connectivity index (χ1n) is 7.44. The molecule has 0 aliphatic carbocycles. The quantitative estimate of drug-likeness (QED) is 0.791. The lowest BCUT2D eigenvalue weighted by molar-refractivity contribution is -0.407. The first-order chi connectivity index (χ1) is 11.4. The molecule has 2 aliphatic rings. The van der Waals surface area contributed by atoms with Crippen LogP contribution < -0.4 is 0 Å². The van der Waals surface area contributed by atoms with Crippen molar-refractivity contribution < 1.29 is 18.6 Å². The van der Waals surface area contributed by atoms with Crippen LogP contribution in [0.15, 0.2) is 39.7 Å². The second kappa shape index (κ2) is 6.32. The Hall–Kier alpha value is -2.28. The minimum Gasteiger partial charge on any atom is -0.255 e. The van der Waals surface area contributed by atoms with Crippen molar-refractivity contribution in [3.05, 3.63) is 46.1 Å². The zero-order valence-electron chi connectivity index (χ0n) is 13.6. The van der Waals surface area contributed by atoms with Gasteiger partial charge in [-0.05, 0) is 30.2 Å². The third-order valence-electron chi connectivity index (χ3n) is 4.10. The Kier molecular flexibility index (Phi) is 4.36. The Morgan fingerprint density at radius 1 is 1.29 bits per heavy atom. The summed E-state index contributed by atoms with van der Waals surface area (Å²) < 4.78 is 14.4. The number of benzene rings is 1. The molecule has 3 amide bonds. The Bertz CT molecular complexity index is 812. The average molecular weight is 346 g/mol. The Balaban J connectivity index is 1.91. The molecule has 0 fully saturated rings. The molecule has 24 heavy (non-hydrogen) atoms. The van der Waals surface area contributed by atoms with Gasteiger partial charge in [0, 0.05) is 10.7 Å². The van der Waals surface area contributed by atoms with Crippen molar-refractivity contribution in [3.8, 4) is 0 Å². The van der Waals surface area contributed by atoms with Gasteiger partial charge in [0.05, 0.1) is 14.1 Å². The predicted octanol–water partition coefficient (Wildman–Crippen LogP) is 2.67. The highest BCUT2D eigenvalue weighted by molar-refractivity contribution is 8.02. The zero-order chi connectivity index (χ0) is 17.4. The minimum atomic E-state index is -0.562. The fourth-order valence-corrected chi connectivity index (χ4v) is 3.87. The second-order valence-corrected chi connectivity index (χ2v) is 6.77. The molecule has 0 saturated carbocycles. The van der Waals surface area contributed by atoms with Crippen LogP contribution in [-0.2, 0) is 10.5 Å². The van der Waals surface area contributed by atoms with E-state index in [1.54, 1.807) is 25.4 Å². The summed E-state index contributed by atoms with van der Waals surface area (Å²) in [5.41, 5.74) is 1.87. The normalized spacial score (nSPS) is 20.8. The maximum atomic E-state index is 13.0. The summed E-state index contributed by atoms with van der Waals surface area (Å²) in [5, 5.41) is 0. The Morgan fingerprint density at radius 2 is 1.96 bits per heavy atom. The number of halogens is 1. The van der Waals surface area contributed by atoms with Gasteiger partial charge in [0.25, 0.3) is 5.84 Å². The van der Waals surface area contributed by atoms with Gasteiger partial charge in [0.15, 0.2) is 5.92 Å². The van der Waals surface area contributed by atoms with Gasteiger partial charge in [0.1, 0.15) is 12.0 Å². The molecule has 5 nitrogen and oxygen atoms in total. The first-order valence-corrected chi connectivity index (χ1v) is 8.43. The molecule has 0 spiro atoms. The van der Waals surface area contributed by atoms with E-state index >= 15 is 0 Å². The number of rotatable bonds is 3. The van der Waals surface area contributed by atoms with Gasteiger partial charge < -0.3 is 0 Å². The molecule has 1 aromatic carbocycles. The van der Waals surface area contributed by atoms with Crippen molar-refractivity contribution in [1.82, 2.24) is 4.90 Å². The molecule has 124 valence electrons. The monoisotopic (exact) mass is 346 g/mol. The van der Waals surface area contributed by atoms with Crippen LogP contribution in [0.5, 0.6) is 0 Å². The van der Waals surface area contributed by atoms with E-state index in [1.165, 1.54) is 35.5 Å². The fraction of sp³-hybridized carbons (Fsp3) is 0.294. The summed E-state index contributed by atoms with van der Waals surface area (Å²) in [7, 11) is 3.10. The van der Waals surface area contributed by atoms with Crippen LogP contribution in [0.1, 0.15) is 12.5 Å². The summed E-state index contributed by atoms with van der Waals surface area (Å²) in [6, 6.07) is 5.91. The third-order valence-corrected chi connectivity index (χ3v) is 5.45. The molecule has 1 aromatic rings. The van der Waals surface area contributed by atoms with E-state index < -0.39 is 5.92 Å². The third kappa shape index (κ3) is 2.80. The van der Waals surface area contributed by atoms with Crippen LogP contribution in [0, 0.1) is 11.7 Å². The lowest BCUT2D eigenvalue weighted by Gasteiger charge is -2.27. The van der Waals surface area contributed by atoms with Gasteiger partial charge in [-0.25, -0.2) is 9.18 Å². The molecule has 3 rings (SSSR count). The molecule has 2 aliphatic heterocycles. The van der Waals surface area contributed by atoms with Gasteiger partial charge in [-0.15, -0.1) is 16.8 Å². The molecular formula is C17H17FN3O2S+. The molecule has 0 radical (unpaired) electrons. The van der Waals surface area contributed by atoms with Gasteiger partial charge >= 0.3 is 11.9 Å². The molecule has 0 bridgehead atoms. The number of dihydropyridines is 1. The van der Waals surface area contributed by atoms with Crippen LogP contribution in [0.25, 0.3) is 0 Å². The number of hydrogen-bond acceptors (Lipinski definition) is 4. The van der Waals surface area contributed by atoms with Gasteiger partial charge in [-0.2, -0.15) is 9.48 Å². The van der Waals surface area contributed by atoms with Crippen LogP contribution in [0.2, 0.25) is 0 Å². The van der Waals surface area contributed by atoms with Gasteiger partial charge in [-0.1, -0.05) is 12.1 Å². The van der Waals surface area contributed by atoms with Crippen molar-refractivity contribution in [2.24, 2.45) is 10.9 Å². The van der Waals surface area contributed by atoms with E-state index in [4.69, 9.17) is 0 Å². The van der Waals surface area contributed by atoms with Crippen LogP contribution >= 0.6 is 11.8 Å². The summed E-state index contributed by atoms with van der Waals surface area (Å²) in [5.74, 6) is -0.0441. The number of carbonyl (C=O) groups is 2. The van der Waals surface area contributed by atoms with E-state index in [0.29, 0.717) is 11.6 Å². The zero-order valence-corrected chi connectivity index (χ0v) is 14.4. The molecule has 7 heteroatoms. The molecule has 0 saturated heterocycles. The number of hydrogen-bond donors (Lipinski definition) is 0. The van der Waals surface area contributed by atoms with Crippen molar-refractivity contribution in [2.75, 3.05) is 14.1 Å². The summed E-state index contributed by atoms with van der Waals surface area (Å²) in [6.07, 6.45) is 1.68. The highest BCUT2D eigenvalue weighted by Crippen LogP contribution is 2.36. The number of imide groups is 1. The first kappa shape index (κ1) is 16.6. The summed E-state index contributed by atoms with van der Waals surface area (Å²) >= 11 is 1.52. The number of aliphatic imine (C=N–C) groups is 1. The number of fused-ring (bicyclic) bond motifs is 1. The molecule has 1 unspecified atom stereocenters. The molecule has 0 aromatic heterocycles. The minimum absolute atomic E-state index is 0.272. The SMILES string of the molecule is CC1=C(SCc2ccc(F)cc2)C2C(=O)N(C)C(=O)[N+](C)=C2N=C1. The standard InChI is InChI=1S/C17H17FN3O2S/c1-10-8-19-15-13(16(22)21(3)17(23)20(15)2)14(10)24-9-11-4-6-12(18)7-5-11/h4-8,13H,9H2,1-3H3/q+1. The number of allylic oxidation sites excluding steroid dienone is 1. The highest BCUT2D eigenvalue weighted by atomic mass is 32.2. The number of carbonyl (C=O) groups excluding carboxylic acids is 2. The van der Waals surface area contributed by atoms with Crippen LogP contribution in [0.4, 0.5) is 9.18 Å². The molecule has 2 heterocycles. The average Bonchev–Trinajstić information content (AvgIpc) is 2.58. The number of amides is 3. The van der Waals surface area contributed by atoms with Crippen molar-refractivity contribution in [2.45, 2.75) is 12.7 Å². The fourth-order valence-electron chi connectivity index (χ4n) is 2.70.